The van der Waals surface area contributed by atoms with Gasteiger partial charge in [0.25, 0.3) is 10.0 Å². The van der Waals surface area contributed by atoms with Crippen LogP contribution in [0.4, 0.5) is 5.82 Å². The Kier molecular flexibility index (Phi) is 3.68. The molecule has 1 saturated heterocycles. The van der Waals surface area contributed by atoms with E-state index in [4.69, 9.17) is 5.84 Å². The van der Waals surface area contributed by atoms with E-state index in [1.807, 2.05) is 19.2 Å². The van der Waals surface area contributed by atoms with Gasteiger partial charge in [0.05, 0.1) is 0 Å². The number of hydrazine groups is 1. The summed E-state index contributed by atoms with van der Waals surface area (Å²) in [4.78, 5) is 4.86. The van der Waals surface area contributed by atoms with Crippen LogP contribution >= 0.6 is 11.3 Å². The highest BCUT2D eigenvalue weighted by atomic mass is 32.2. The maximum absolute atomic E-state index is 13.1. The number of thiazole rings is 1. The van der Waals surface area contributed by atoms with Crippen LogP contribution in [0.1, 0.15) is 33.1 Å². The Hall–Kier alpha value is -1.16. The van der Waals surface area contributed by atoms with Crippen molar-refractivity contribution < 1.29 is 8.42 Å². The van der Waals surface area contributed by atoms with Crippen molar-refractivity contribution in [1.82, 2.24) is 13.7 Å². The summed E-state index contributed by atoms with van der Waals surface area (Å²) < 4.78 is 29.5. The second-order valence-electron chi connectivity index (χ2n) is 5.29. The van der Waals surface area contributed by atoms with Crippen molar-refractivity contribution in [3.8, 4) is 0 Å². The Morgan fingerprint density at radius 2 is 2.29 bits per heavy atom. The number of hydrogen-bond donors (Lipinski definition) is 2. The highest BCUT2D eigenvalue weighted by Gasteiger charge is 2.42. The van der Waals surface area contributed by atoms with Gasteiger partial charge in [0.15, 0.2) is 10.8 Å². The summed E-state index contributed by atoms with van der Waals surface area (Å²) in [5.41, 5.74) is 2.42. The number of nitrogen functional groups attached to an aromatic ring is 1. The molecular formula is C12H19N5O2S2. The number of nitrogens with one attached hydrogen (secondary N) is 1. The molecule has 0 amide bonds. The number of sulfonamides is 1. The predicted molar refractivity (Wildman–Crippen MR) is 82.7 cm³/mol. The largest absolute Gasteiger partial charge is 0.306 e. The molecule has 3 N–H and O–H groups in total. The molecule has 2 aromatic rings. The Labute approximate surface area is 127 Å². The van der Waals surface area contributed by atoms with E-state index in [-0.39, 0.29) is 22.9 Å². The summed E-state index contributed by atoms with van der Waals surface area (Å²) >= 11 is 1.38. The van der Waals surface area contributed by atoms with Gasteiger partial charge < -0.3 is 5.43 Å². The fourth-order valence-electron chi connectivity index (χ4n) is 3.07. The number of rotatable bonds is 4. The van der Waals surface area contributed by atoms with Crippen LogP contribution in [0.15, 0.2) is 16.6 Å². The first-order valence-electron chi connectivity index (χ1n) is 6.96. The van der Waals surface area contributed by atoms with Gasteiger partial charge in [-0.05, 0) is 26.2 Å². The average molecular weight is 329 g/mol. The number of hydrogen-bond acceptors (Lipinski definition) is 6. The lowest BCUT2D eigenvalue weighted by Gasteiger charge is -2.26. The number of nitrogens with zero attached hydrogens (tertiary/aromatic N) is 3. The normalized spacial score (nSPS) is 24.0. The number of anilines is 1. The summed E-state index contributed by atoms with van der Waals surface area (Å²) in [6.07, 6.45) is 4.30. The minimum absolute atomic E-state index is 0.00485. The first-order chi connectivity index (χ1) is 10.0. The van der Waals surface area contributed by atoms with Gasteiger partial charge in [-0.25, -0.2) is 14.3 Å². The highest BCUT2D eigenvalue weighted by molar-refractivity contribution is 7.89. The second kappa shape index (κ2) is 5.24. The molecule has 0 radical (unpaired) electrons. The van der Waals surface area contributed by atoms with Gasteiger partial charge in [-0.1, -0.05) is 6.92 Å². The maximum Gasteiger partial charge on any atom is 0.263 e. The summed E-state index contributed by atoms with van der Waals surface area (Å²) in [6.45, 7) is 3.97. The third-order valence-corrected chi connectivity index (χ3v) is 6.91. The predicted octanol–water partition coefficient (Wildman–Crippen LogP) is 1.63. The highest BCUT2D eigenvalue weighted by Crippen LogP contribution is 2.35. The van der Waals surface area contributed by atoms with E-state index in [0.29, 0.717) is 4.96 Å². The smallest absolute Gasteiger partial charge is 0.263 e. The van der Waals surface area contributed by atoms with Crippen LogP contribution in [0.2, 0.25) is 0 Å². The second-order valence-corrected chi connectivity index (χ2v) is 7.92. The molecule has 3 heterocycles. The molecule has 9 heteroatoms. The van der Waals surface area contributed by atoms with Crippen molar-refractivity contribution in [3.63, 3.8) is 0 Å². The van der Waals surface area contributed by atoms with Crippen molar-refractivity contribution in [1.29, 1.82) is 0 Å². The fraction of sp³-hybridized carbons (Fsp3) is 0.583. The molecule has 1 aliphatic rings. The van der Waals surface area contributed by atoms with E-state index in [1.54, 1.807) is 14.9 Å². The van der Waals surface area contributed by atoms with Gasteiger partial charge in [0.2, 0.25) is 5.03 Å². The number of nitrogens with two attached hydrogens (primary N) is 1. The quantitative estimate of drug-likeness (QED) is 0.657. The summed E-state index contributed by atoms with van der Waals surface area (Å²) in [5.74, 6) is 5.67. The van der Waals surface area contributed by atoms with E-state index < -0.39 is 10.0 Å². The third kappa shape index (κ3) is 2.15. The Balaban J connectivity index is 2.18. The topological polar surface area (TPSA) is 92.7 Å². The third-order valence-electron chi connectivity index (χ3n) is 4.06. The lowest BCUT2D eigenvalue weighted by Crippen LogP contribution is -2.40. The van der Waals surface area contributed by atoms with Gasteiger partial charge >= 0.3 is 0 Å². The molecule has 0 aliphatic carbocycles. The number of imidazole rings is 1. The molecule has 0 saturated carbocycles. The van der Waals surface area contributed by atoms with Crippen LogP contribution in [0.3, 0.4) is 0 Å². The molecular weight excluding hydrogens is 310 g/mol. The van der Waals surface area contributed by atoms with E-state index in [9.17, 15) is 8.42 Å². The maximum atomic E-state index is 13.1. The van der Waals surface area contributed by atoms with Crippen LogP contribution in [-0.4, -0.2) is 34.2 Å². The minimum Gasteiger partial charge on any atom is -0.306 e. The Morgan fingerprint density at radius 3 is 2.95 bits per heavy atom. The SMILES string of the molecule is CCC1CCC(C)N1S(=O)(=O)c1c(NN)nc2sccn12. The Morgan fingerprint density at radius 1 is 1.52 bits per heavy atom. The molecule has 21 heavy (non-hydrogen) atoms. The molecule has 2 unspecified atom stereocenters. The molecule has 2 atom stereocenters. The first-order valence-corrected chi connectivity index (χ1v) is 9.28. The van der Waals surface area contributed by atoms with E-state index in [2.05, 4.69) is 10.4 Å². The zero-order valence-electron chi connectivity index (χ0n) is 12.0. The van der Waals surface area contributed by atoms with Gasteiger partial charge in [-0.2, -0.15) is 9.29 Å². The summed E-state index contributed by atoms with van der Waals surface area (Å²) in [6, 6.07) is 0.0366. The van der Waals surface area contributed by atoms with Crippen LogP contribution < -0.4 is 11.3 Å². The summed E-state index contributed by atoms with van der Waals surface area (Å²) in [7, 11) is -3.65. The Bertz CT molecular complexity index is 751. The zero-order chi connectivity index (χ0) is 15.2. The van der Waals surface area contributed by atoms with Gasteiger partial charge in [-0.15, -0.1) is 11.3 Å². The zero-order valence-corrected chi connectivity index (χ0v) is 13.6. The monoisotopic (exact) mass is 329 g/mol. The molecule has 0 bridgehead atoms. The van der Waals surface area contributed by atoms with Gasteiger partial charge in [0, 0.05) is 23.7 Å². The molecule has 3 rings (SSSR count). The molecule has 1 aliphatic heterocycles. The van der Waals surface area contributed by atoms with Gasteiger partial charge in [-0.3, -0.25) is 4.40 Å². The van der Waals surface area contributed by atoms with Crippen LogP contribution in [0.25, 0.3) is 4.96 Å². The van der Waals surface area contributed by atoms with Crippen molar-refractivity contribution in [3.05, 3.63) is 11.6 Å². The van der Waals surface area contributed by atoms with Crippen LogP contribution in [-0.2, 0) is 10.0 Å². The number of aromatic nitrogens is 2. The molecule has 116 valence electrons. The van der Waals surface area contributed by atoms with Crippen molar-refractivity contribution >= 4 is 32.1 Å². The van der Waals surface area contributed by atoms with Crippen molar-refractivity contribution in [2.75, 3.05) is 5.43 Å². The molecule has 7 nitrogen and oxygen atoms in total. The van der Waals surface area contributed by atoms with E-state index in [0.717, 1.165) is 19.3 Å². The molecule has 0 spiro atoms. The lowest BCUT2D eigenvalue weighted by atomic mass is 10.2. The minimum atomic E-state index is -3.65. The van der Waals surface area contributed by atoms with Crippen molar-refractivity contribution in [2.45, 2.75) is 50.2 Å². The van der Waals surface area contributed by atoms with Gasteiger partial charge in [0.1, 0.15) is 0 Å². The molecule has 2 aromatic heterocycles. The van der Waals surface area contributed by atoms with Crippen LogP contribution in [0.5, 0.6) is 0 Å². The standard InChI is InChI=1S/C12H19N5O2S2/c1-3-9-5-4-8(2)17(9)21(18,19)11-10(15-13)14-12-16(11)6-7-20-12/h6-9,15H,3-5,13H2,1-2H3. The molecule has 1 fully saturated rings. The summed E-state index contributed by atoms with van der Waals surface area (Å²) in [5, 5.41) is 1.94. The lowest BCUT2D eigenvalue weighted by molar-refractivity contribution is 0.327. The van der Waals surface area contributed by atoms with E-state index >= 15 is 0 Å². The fourth-order valence-corrected chi connectivity index (χ4v) is 6.01. The van der Waals surface area contributed by atoms with E-state index in [1.165, 1.54) is 11.3 Å². The van der Waals surface area contributed by atoms with Crippen LogP contribution in [0, 0.1) is 0 Å². The van der Waals surface area contributed by atoms with Crippen molar-refractivity contribution in [2.24, 2.45) is 5.84 Å². The average Bonchev–Trinajstić information content (AvgIpc) is 3.10. The first kappa shape index (κ1) is 14.8. The number of fused-ring (bicyclic) bond motifs is 1. The molecule has 0 aromatic carbocycles.